The molecule has 0 bridgehead atoms. The van der Waals surface area contributed by atoms with E-state index >= 15 is 0 Å². The summed E-state index contributed by atoms with van der Waals surface area (Å²) < 4.78 is 16.4. The first-order chi connectivity index (χ1) is 14.4. The van der Waals surface area contributed by atoms with Crippen LogP contribution in [0.4, 0.5) is 10.1 Å². The van der Waals surface area contributed by atoms with Gasteiger partial charge < -0.3 is 11.1 Å². The predicted octanol–water partition coefficient (Wildman–Crippen LogP) is 3.99. The number of carbonyl (C=O) groups is 1. The Bertz CT molecular complexity index is 1080. The van der Waals surface area contributed by atoms with Crippen molar-refractivity contribution in [2.24, 2.45) is 10.7 Å². The lowest BCUT2D eigenvalue weighted by molar-refractivity contribution is 0.102. The Kier molecular flexibility index (Phi) is 5.59. The first kappa shape index (κ1) is 20.2. The van der Waals surface area contributed by atoms with Crippen molar-refractivity contribution in [2.75, 3.05) is 11.1 Å². The lowest BCUT2D eigenvalue weighted by atomic mass is 9.89. The second-order valence-electron chi connectivity index (χ2n) is 7.37. The molecule has 0 fully saturated rings. The largest absolute Gasteiger partial charge is 0.379 e. The second kappa shape index (κ2) is 8.31. The molecule has 1 amide bonds. The Balaban J connectivity index is 1.50. The SMILES string of the molecule is CC1(c2cc(NC(=O)c3ccc(Cn4cccn4)cc3)ccc2F)CCSC(N)=N1. The molecule has 3 aromatic rings. The van der Waals surface area contributed by atoms with Gasteiger partial charge >= 0.3 is 0 Å². The topological polar surface area (TPSA) is 85.3 Å². The first-order valence-corrected chi connectivity index (χ1v) is 10.6. The van der Waals surface area contributed by atoms with Gasteiger partial charge in [0.25, 0.3) is 5.91 Å². The molecule has 154 valence electrons. The summed E-state index contributed by atoms with van der Waals surface area (Å²) in [6.07, 6.45) is 4.28. The minimum absolute atomic E-state index is 0.259. The number of amides is 1. The zero-order valence-electron chi connectivity index (χ0n) is 16.5. The summed E-state index contributed by atoms with van der Waals surface area (Å²) in [4.78, 5) is 17.1. The van der Waals surface area contributed by atoms with E-state index in [1.807, 2.05) is 36.0 Å². The Morgan fingerprint density at radius 1 is 1.30 bits per heavy atom. The maximum absolute atomic E-state index is 14.6. The molecule has 30 heavy (non-hydrogen) atoms. The van der Waals surface area contributed by atoms with Crippen LogP contribution in [0, 0.1) is 5.82 Å². The highest BCUT2D eigenvalue weighted by molar-refractivity contribution is 8.13. The molecule has 1 aliphatic heterocycles. The van der Waals surface area contributed by atoms with Gasteiger partial charge in [-0.25, -0.2) is 4.39 Å². The fraction of sp³-hybridized carbons (Fsp3) is 0.227. The number of thioether (sulfide) groups is 1. The Hall–Kier alpha value is -3.13. The summed E-state index contributed by atoms with van der Waals surface area (Å²) in [5, 5.41) is 7.48. The van der Waals surface area contributed by atoms with Crippen LogP contribution in [0.15, 0.2) is 65.9 Å². The minimum atomic E-state index is -0.742. The van der Waals surface area contributed by atoms with E-state index in [4.69, 9.17) is 5.73 Å². The predicted molar refractivity (Wildman–Crippen MR) is 118 cm³/mol. The molecule has 1 aliphatic rings. The summed E-state index contributed by atoms with van der Waals surface area (Å²) in [7, 11) is 0. The molecule has 0 spiro atoms. The average Bonchev–Trinajstić information content (AvgIpc) is 3.23. The van der Waals surface area contributed by atoms with Crippen molar-refractivity contribution in [1.82, 2.24) is 9.78 Å². The van der Waals surface area contributed by atoms with Crippen molar-refractivity contribution in [3.63, 3.8) is 0 Å². The minimum Gasteiger partial charge on any atom is -0.379 e. The van der Waals surface area contributed by atoms with Crippen molar-refractivity contribution in [3.8, 4) is 0 Å². The van der Waals surface area contributed by atoms with E-state index in [0.717, 1.165) is 11.3 Å². The summed E-state index contributed by atoms with van der Waals surface area (Å²) >= 11 is 1.47. The quantitative estimate of drug-likeness (QED) is 0.650. The highest BCUT2D eigenvalue weighted by atomic mass is 32.2. The smallest absolute Gasteiger partial charge is 0.255 e. The molecule has 0 aliphatic carbocycles. The summed E-state index contributed by atoms with van der Waals surface area (Å²) in [5.74, 6) is 0.153. The Morgan fingerprint density at radius 3 is 2.80 bits per heavy atom. The molecule has 1 aromatic heterocycles. The van der Waals surface area contributed by atoms with Crippen LogP contribution in [0.1, 0.15) is 34.8 Å². The average molecular weight is 424 g/mol. The lowest BCUT2D eigenvalue weighted by Gasteiger charge is -2.30. The highest BCUT2D eigenvalue weighted by Gasteiger charge is 2.32. The van der Waals surface area contributed by atoms with Crippen LogP contribution >= 0.6 is 11.8 Å². The molecule has 0 saturated heterocycles. The standard InChI is InChI=1S/C22H22FN5OS/c1-22(9-12-30-21(24)27-22)18-13-17(7-8-19(18)23)26-20(29)16-5-3-15(4-6-16)14-28-11-2-10-25-28/h2-8,10-11,13H,9,12,14H2,1H3,(H2,24,27)(H,26,29). The molecule has 0 saturated carbocycles. The molecule has 1 atom stereocenters. The van der Waals surface area contributed by atoms with Crippen LogP contribution < -0.4 is 11.1 Å². The number of amidine groups is 1. The molecule has 2 heterocycles. The number of anilines is 1. The van der Waals surface area contributed by atoms with Gasteiger partial charge in [-0.05, 0) is 55.3 Å². The third-order valence-corrected chi connectivity index (χ3v) is 5.92. The maximum Gasteiger partial charge on any atom is 0.255 e. The molecular formula is C22H22FN5OS. The van der Waals surface area contributed by atoms with Crippen LogP contribution in [0.2, 0.25) is 0 Å². The highest BCUT2D eigenvalue weighted by Crippen LogP contribution is 2.37. The number of hydrogen-bond donors (Lipinski definition) is 2. The third kappa shape index (κ3) is 4.38. The first-order valence-electron chi connectivity index (χ1n) is 9.59. The number of nitrogens with two attached hydrogens (primary N) is 1. The number of aliphatic imine (C=N–C) groups is 1. The van der Waals surface area contributed by atoms with E-state index in [-0.39, 0.29) is 11.7 Å². The lowest BCUT2D eigenvalue weighted by Crippen LogP contribution is -2.29. The van der Waals surface area contributed by atoms with Crippen molar-refractivity contribution in [3.05, 3.63) is 83.4 Å². The molecule has 4 rings (SSSR count). The number of halogens is 1. The number of nitrogens with one attached hydrogen (secondary N) is 1. The van der Waals surface area contributed by atoms with Crippen molar-refractivity contribution < 1.29 is 9.18 Å². The number of hydrogen-bond acceptors (Lipinski definition) is 5. The molecule has 3 N–H and O–H groups in total. The molecule has 6 nitrogen and oxygen atoms in total. The zero-order valence-corrected chi connectivity index (χ0v) is 17.3. The van der Waals surface area contributed by atoms with E-state index in [1.165, 1.54) is 17.8 Å². The van der Waals surface area contributed by atoms with Gasteiger partial charge in [0.1, 0.15) is 5.82 Å². The molecule has 8 heteroatoms. The van der Waals surface area contributed by atoms with Crippen molar-refractivity contribution in [2.45, 2.75) is 25.4 Å². The van der Waals surface area contributed by atoms with Gasteiger partial charge in [0.15, 0.2) is 5.17 Å². The van der Waals surface area contributed by atoms with Crippen molar-refractivity contribution >= 4 is 28.5 Å². The number of nitrogens with zero attached hydrogens (tertiary/aromatic N) is 3. The maximum atomic E-state index is 14.6. The summed E-state index contributed by atoms with van der Waals surface area (Å²) in [5.41, 5.74) is 7.63. The monoisotopic (exact) mass is 423 g/mol. The van der Waals surface area contributed by atoms with E-state index in [9.17, 15) is 9.18 Å². The van der Waals surface area contributed by atoms with Crippen LogP contribution in [0.3, 0.4) is 0 Å². The van der Waals surface area contributed by atoms with Crippen LogP contribution in [0.25, 0.3) is 0 Å². The van der Waals surface area contributed by atoms with Crippen LogP contribution in [0.5, 0.6) is 0 Å². The van der Waals surface area contributed by atoms with Gasteiger partial charge in [-0.3, -0.25) is 14.5 Å². The fourth-order valence-electron chi connectivity index (χ4n) is 3.44. The van der Waals surface area contributed by atoms with E-state index in [2.05, 4.69) is 15.4 Å². The zero-order chi connectivity index (χ0) is 21.1. The van der Waals surface area contributed by atoms with Gasteiger partial charge in [0.2, 0.25) is 0 Å². The van der Waals surface area contributed by atoms with Gasteiger partial charge in [-0.15, -0.1) is 0 Å². The van der Waals surface area contributed by atoms with Crippen molar-refractivity contribution in [1.29, 1.82) is 0 Å². The van der Waals surface area contributed by atoms with Gasteiger partial charge in [0.05, 0.1) is 12.1 Å². The molecule has 2 aromatic carbocycles. The Labute approximate surface area is 178 Å². The summed E-state index contributed by atoms with van der Waals surface area (Å²) in [6.45, 7) is 2.50. The number of carbonyl (C=O) groups excluding carboxylic acids is 1. The van der Waals surface area contributed by atoms with Crippen LogP contribution in [-0.4, -0.2) is 26.6 Å². The number of rotatable bonds is 5. The van der Waals surface area contributed by atoms with E-state index in [1.54, 1.807) is 30.5 Å². The van der Waals surface area contributed by atoms with Crippen LogP contribution in [-0.2, 0) is 12.1 Å². The number of aromatic nitrogens is 2. The van der Waals surface area contributed by atoms with E-state index in [0.29, 0.717) is 34.9 Å². The van der Waals surface area contributed by atoms with E-state index < -0.39 is 5.54 Å². The third-order valence-electron chi connectivity index (χ3n) is 5.12. The molecule has 1 unspecified atom stereocenters. The normalized spacial score (nSPS) is 18.7. The fourth-order valence-corrected chi connectivity index (χ4v) is 4.42. The molecule has 0 radical (unpaired) electrons. The number of benzene rings is 2. The summed E-state index contributed by atoms with van der Waals surface area (Å²) in [6, 6.07) is 13.7. The van der Waals surface area contributed by atoms with Gasteiger partial charge in [-0.2, -0.15) is 5.10 Å². The second-order valence-corrected chi connectivity index (χ2v) is 8.49. The van der Waals surface area contributed by atoms with Gasteiger partial charge in [0, 0.05) is 35.0 Å². The molecular weight excluding hydrogens is 401 g/mol. The van der Waals surface area contributed by atoms with Gasteiger partial charge in [-0.1, -0.05) is 23.9 Å². The Morgan fingerprint density at radius 2 is 2.10 bits per heavy atom.